The van der Waals surface area contributed by atoms with Crippen molar-refractivity contribution in [2.45, 2.75) is 145 Å². The summed E-state index contributed by atoms with van der Waals surface area (Å²) in [5, 5.41) is 48.0. The van der Waals surface area contributed by atoms with E-state index in [0.717, 1.165) is 0 Å². The van der Waals surface area contributed by atoms with E-state index in [1.807, 2.05) is 51.9 Å². The lowest BCUT2D eigenvalue weighted by molar-refractivity contribution is -0.290. The van der Waals surface area contributed by atoms with Crippen molar-refractivity contribution in [1.29, 1.82) is 0 Å². The summed E-state index contributed by atoms with van der Waals surface area (Å²) >= 11 is 6.83. The third-order valence-electron chi connectivity index (χ3n) is 13.7. The number of nitrogens with one attached hydrogen (secondary N) is 1. The molecule has 2 aliphatic carbocycles. The minimum atomic E-state index is -1.52. The van der Waals surface area contributed by atoms with Crippen LogP contribution < -0.4 is 24.3 Å². The van der Waals surface area contributed by atoms with Crippen molar-refractivity contribution in [3.8, 4) is 28.7 Å². The van der Waals surface area contributed by atoms with Crippen LogP contribution in [0.25, 0.3) is 10.8 Å². The highest BCUT2D eigenvalue weighted by molar-refractivity contribution is 6.30. The summed E-state index contributed by atoms with van der Waals surface area (Å²) in [4.78, 5) is 35.2. The number of methoxy groups -OCH3 is 2. The fourth-order valence-corrected chi connectivity index (χ4v) is 10.7. The van der Waals surface area contributed by atoms with Crippen LogP contribution in [0.15, 0.2) is 53.6 Å². The Balaban J connectivity index is 1.06. The molecule has 3 saturated heterocycles. The molecule has 4 unspecified atom stereocenters. The van der Waals surface area contributed by atoms with Gasteiger partial charge in [0.2, 0.25) is 5.75 Å². The van der Waals surface area contributed by atoms with Crippen molar-refractivity contribution in [3.05, 3.63) is 70.0 Å². The van der Waals surface area contributed by atoms with E-state index >= 15 is 0 Å². The van der Waals surface area contributed by atoms with E-state index in [0.29, 0.717) is 27.7 Å². The maximum Gasteiger partial charge on any atom is 0.329 e. The predicted molar refractivity (Wildman–Crippen MR) is 246 cm³/mol. The molecule has 5 aliphatic heterocycles. The second-order valence-corrected chi connectivity index (χ2v) is 19.6. The largest absolute Gasteiger partial charge is 0.507 e. The molecule has 10 rings (SSSR count). The Morgan fingerprint density at radius 1 is 1.01 bits per heavy atom. The van der Waals surface area contributed by atoms with Gasteiger partial charge < -0.3 is 78.0 Å². The van der Waals surface area contributed by atoms with Gasteiger partial charge in [-0.1, -0.05) is 11.6 Å². The molecule has 14 atom stereocenters. The van der Waals surface area contributed by atoms with Crippen molar-refractivity contribution in [2.75, 3.05) is 34.9 Å². The van der Waals surface area contributed by atoms with E-state index < -0.39 is 90.5 Å². The Kier molecular flexibility index (Phi) is 13.4. The fourth-order valence-electron chi connectivity index (χ4n) is 10.5. The smallest absolute Gasteiger partial charge is 0.329 e. The summed E-state index contributed by atoms with van der Waals surface area (Å²) in [6.45, 7) is 8.34. The van der Waals surface area contributed by atoms with Crippen molar-refractivity contribution >= 4 is 34.2 Å². The molecule has 1 aromatic heterocycles. The topological polar surface area (TPSA) is 239 Å². The number of nitrogens with zero attached hydrogens (tertiary/aromatic N) is 2. The molecule has 0 saturated carbocycles. The summed E-state index contributed by atoms with van der Waals surface area (Å²) in [5.41, 5.74) is -1.33. The van der Waals surface area contributed by atoms with Crippen LogP contribution in [-0.4, -0.2) is 168 Å². The third-order valence-corrected chi connectivity index (χ3v) is 14.0. The number of hydrogen-bond donors (Lipinski definition) is 5. The highest BCUT2D eigenvalue weighted by atomic mass is 35.5. The number of halogens is 1. The van der Waals surface area contributed by atoms with Crippen LogP contribution in [0.4, 0.5) is 0 Å². The van der Waals surface area contributed by atoms with Crippen LogP contribution in [0.3, 0.4) is 0 Å². The van der Waals surface area contributed by atoms with Gasteiger partial charge in [-0.15, -0.1) is 0 Å². The molecule has 20 heteroatoms. The summed E-state index contributed by atoms with van der Waals surface area (Å²) in [5.74, 6) is -0.967. The van der Waals surface area contributed by atoms with Crippen molar-refractivity contribution in [1.82, 2.24) is 15.2 Å². The zero-order valence-corrected chi connectivity index (χ0v) is 40.6. The Hall–Kier alpha value is -4.80. The first-order valence-electron chi connectivity index (χ1n) is 23.1. The van der Waals surface area contributed by atoms with E-state index in [4.69, 9.17) is 59.0 Å². The third kappa shape index (κ3) is 9.11. The number of fused-ring (bicyclic) bond motifs is 8. The Morgan fingerprint density at radius 2 is 1.75 bits per heavy atom. The first-order valence-corrected chi connectivity index (χ1v) is 23.5. The zero-order chi connectivity index (χ0) is 49.4. The monoisotopic (exact) mass is 981 g/mol. The van der Waals surface area contributed by atoms with Crippen LogP contribution in [0.1, 0.15) is 63.5 Å². The molecule has 19 nitrogen and oxygen atoms in total. The number of phenolic OH excluding ortho intramolecular Hbond substituents is 1. The van der Waals surface area contributed by atoms with Gasteiger partial charge in [-0.05, 0) is 108 Å². The Morgan fingerprint density at radius 3 is 2.42 bits per heavy atom. The van der Waals surface area contributed by atoms with Gasteiger partial charge in [-0.2, -0.15) is 0 Å². The number of aliphatic hydroxyl groups is 3. The number of carbonyl (C=O) groups is 2. The minimum Gasteiger partial charge on any atom is -0.507 e. The van der Waals surface area contributed by atoms with E-state index in [-0.39, 0.29) is 77.4 Å². The van der Waals surface area contributed by atoms with Crippen LogP contribution in [0.5, 0.6) is 28.7 Å². The highest BCUT2D eigenvalue weighted by Crippen LogP contribution is 2.61. The molecule has 7 aliphatic rings. The van der Waals surface area contributed by atoms with Gasteiger partial charge in [0.25, 0.3) is 5.91 Å². The molecule has 1 amide bonds. The Labute approximate surface area is 404 Å². The SMILES string of the molecule is COc1c(OC(C)C)cc2cc(O)c(C(=O)NC3Cc4ccc(c(Cl)n4)O[C@@H]4C=C5C(=C[C@@H]6OC56[C@@H]4O[C@H]4C[C@@](C)(O)C(O)[C@H](C)O4)C(O[C@H]4C[C@H](O)[C@H](N(C)C)[C@H](C)O4)COC3=O)cc2c1OC. The molecule has 4 bridgehead atoms. The summed E-state index contributed by atoms with van der Waals surface area (Å²) in [6.07, 6.45) is -5.10. The number of benzene rings is 2. The van der Waals surface area contributed by atoms with Crippen molar-refractivity contribution in [3.63, 3.8) is 0 Å². The molecule has 3 aromatic rings. The van der Waals surface area contributed by atoms with E-state index in [1.165, 1.54) is 33.3 Å². The van der Waals surface area contributed by atoms with E-state index in [1.54, 1.807) is 25.1 Å². The number of likely N-dealkylation sites (N-methyl/N-ethyl adjacent to an activating group) is 1. The number of pyridine rings is 1. The first-order chi connectivity index (χ1) is 32.7. The molecule has 2 aromatic carbocycles. The van der Waals surface area contributed by atoms with Crippen molar-refractivity contribution in [2.24, 2.45) is 0 Å². The minimum absolute atomic E-state index is 0.0555. The Bertz CT molecular complexity index is 2540. The lowest BCUT2D eigenvalue weighted by atomic mass is 9.88. The molecule has 5 N–H and O–H groups in total. The molecular weight excluding hydrogens is 922 g/mol. The number of aromatic nitrogens is 1. The lowest BCUT2D eigenvalue weighted by Crippen LogP contribution is -2.57. The second-order valence-electron chi connectivity index (χ2n) is 19.3. The number of epoxide rings is 1. The van der Waals surface area contributed by atoms with Gasteiger partial charge in [0.05, 0.1) is 55.8 Å². The van der Waals surface area contributed by atoms with Crippen LogP contribution in [0, 0.1) is 0 Å². The highest BCUT2D eigenvalue weighted by Gasteiger charge is 2.73. The second kappa shape index (κ2) is 18.7. The van der Waals surface area contributed by atoms with Crippen LogP contribution >= 0.6 is 11.6 Å². The molecule has 3 fully saturated rings. The molecule has 1 spiro atoms. The maximum absolute atomic E-state index is 14.5. The quantitative estimate of drug-likeness (QED) is 0.105. The number of aliphatic hydroxyl groups excluding tert-OH is 2. The normalized spacial score (nSPS) is 35.1. The molecule has 374 valence electrons. The number of amides is 1. The predicted octanol–water partition coefficient (Wildman–Crippen LogP) is 3.50. The van der Waals surface area contributed by atoms with Gasteiger partial charge in [-0.25, -0.2) is 9.78 Å². The number of phenols is 1. The maximum atomic E-state index is 14.5. The number of esters is 1. The number of hydrogen-bond acceptors (Lipinski definition) is 18. The van der Waals surface area contributed by atoms with Gasteiger partial charge in [0.15, 0.2) is 40.6 Å². The lowest BCUT2D eigenvalue weighted by Gasteiger charge is -2.43. The zero-order valence-electron chi connectivity index (χ0n) is 39.8. The fraction of sp³-hybridized carbons (Fsp3) is 0.571. The van der Waals surface area contributed by atoms with Gasteiger partial charge in [0.1, 0.15) is 48.9 Å². The summed E-state index contributed by atoms with van der Waals surface area (Å²) < 4.78 is 62.2. The number of ether oxygens (including phenoxy) is 10. The standard InChI is InChI=1S/C49H60ClN3O16/c1-21(2)63-34-13-24-12-31(54)28(15-26(24)41(60-8)42(34)61-9)46(57)52-30-14-25-10-11-33(45(50)51-25)66-35-17-29-27(36(20-62-47(30)58)67-38-18-32(55)40(53(6)7)22(3)64-38)16-37-49(29,69-37)44(35)68-39-19-48(5,59)43(56)23(4)65-39/h10-13,15-17,21-23,30,32,35-40,43-44,54-56,59H,14,18-20H2,1-9H3,(H,52,57)/t22-,23-,30?,32-,35+,36?,37-,38-,39-,40+,43?,44+,48+,49?/m0/s1. The van der Waals surface area contributed by atoms with Gasteiger partial charge in [-0.3, -0.25) is 4.79 Å². The molecular formula is C49H60ClN3O16. The van der Waals surface area contributed by atoms with E-state index in [2.05, 4.69) is 10.3 Å². The van der Waals surface area contributed by atoms with Gasteiger partial charge >= 0.3 is 5.97 Å². The van der Waals surface area contributed by atoms with Crippen LogP contribution in [-0.2, 0) is 39.6 Å². The molecule has 6 heterocycles. The first kappa shape index (κ1) is 49.2. The van der Waals surface area contributed by atoms with Crippen molar-refractivity contribution < 1.29 is 77.4 Å². The number of rotatable bonds is 11. The molecule has 69 heavy (non-hydrogen) atoms. The summed E-state index contributed by atoms with van der Waals surface area (Å²) in [6, 6.07) is 5.99. The average molecular weight is 982 g/mol. The molecule has 0 radical (unpaired) electrons. The van der Waals surface area contributed by atoms with Gasteiger partial charge in [0, 0.05) is 30.3 Å². The van der Waals surface area contributed by atoms with Crippen LogP contribution in [0.2, 0.25) is 5.15 Å². The number of carbonyl (C=O) groups excluding carboxylic acids is 2. The average Bonchev–Trinajstić information content (AvgIpc) is 3.79. The number of aromatic hydroxyl groups is 1. The van der Waals surface area contributed by atoms with E-state index in [9.17, 15) is 30.0 Å². The summed E-state index contributed by atoms with van der Waals surface area (Å²) in [7, 11) is 6.62.